The van der Waals surface area contributed by atoms with Crippen molar-refractivity contribution in [3.8, 4) is 11.1 Å². The maximum atomic E-state index is 13.2. The van der Waals surface area contributed by atoms with Crippen molar-refractivity contribution in [2.45, 2.75) is 39.8 Å². The van der Waals surface area contributed by atoms with Crippen LogP contribution in [0.4, 0.5) is 0 Å². The molecule has 1 heterocycles. The Morgan fingerprint density at radius 3 is 2.44 bits per heavy atom. The molecule has 0 bridgehead atoms. The van der Waals surface area contributed by atoms with Gasteiger partial charge in [0.05, 0.1) is 17.8 Å². The molecule has 2 amide bonds. The minimum atomic E-state index is -0.675. The minimum absolute atomic E-state index is 0.268. The summed E-state index contributed by atoms with van der Waals surface area (Å²) in [4.78, 5) is 30.8. The largest absolute Gasteiger partial charge is 0.354 e. The summed E-state index contributed by atoms with van der Waals surface area (Å²) in [6, 6.07) is 17.7. The quantitative estimate of drug-likeness (QED) is 0.230. The van der Waals surface area contributed by atoms with Crippen LogP contribution in [0.5, 0.6) is 0 Å². The molecule has 7 nitrogen and oxygen atoms in total. The maximum Gasteiger partial charge on any atom is 0.253 e. The molecule has 0 spiro atoms. The molecule has 9 heteroatoms. The highest BCUT2D eigenvalue weighted by Crippen LogP contribution is 2.25. The summed E-state index contributed by atoms with van der Waals surface area (Å²) in [6.45, 7) is 6.37. The van der Waals surface area contributed by atoms with Gasteiger partial charge in [0.1, 0.15) is 11.9 Å². The van der Waals surface area contributed by atoms with Gasteiger partial charge in [0.15, 0.2) is 0 Å². The van der Waals surface area contributed by atoms with Crippen molar-refractivity contribution in [1.29, 1.82) is 0 Å². The Labute approximate surface area is 239 Å². The van der Waals surface area contributed by atoms with Crippen LogP contribution >= 0.6 is 23.7 Å². The summed E-state index contributed by atoms with van der Waals surface area (Å²) in [5, 5.41) is 5.81. The molecule has 1 atom stereocenters. The molecule has 0 aliphatic carbocycles. The van der Waals surface area contributed by atoms with Crippen molar-refractivity contribution < 1.29 is 15.3 Å². The Morgan fingerprint density at radius 2 is 1.79 bits per heavy atom. The number of amides is 2. The summed E-state index contributed by atoms with van der Waals surface area (Å²) in [5.74, 6) is 0.650. The Kier molecular flexibility index (Phi) is 11.5. The molecule has 3 aromatic rings. The SMILES string of the molecule is C/C=C(\N=C(C)NC(=O)[C@H](CCSC)NC(=O)c1cc(C)n(SC)c1)c1cccc(-c2cccc(C[NH3+])c2)c1. The van der Waals surface area contributed by atoms with E-state index in [0.29, 0.717) is 17.8 Å². The fourth-order valence-electron chi connectivity index (χ4n) is 4.16. The van der Waals surface area contributed by atoms with Gasteiger partial charge in [0.25, 0.3) is 5.91 Å². The van der Waals surface area contributed by atoms with E-state index < -0.39 is 6.04 Å². The van der Waals surface area contributed by atoms with Gasteiger partial charge in [-0.2, -0.15) is 11.8 Å². The van der Waals surface area contributed by atoms with Gasteiger partial charge in [0, 0.05) is 29.3 Å². The highest BCUT2D eigenvalue weighted by Gasteiger charge is 2.22. The number of allylic oxidation sites excluding steroid dienone is 1. The number of hydrogen-bond donors (Lipinski definition) is 3. The fraction of sp³-hybridized carbons (Fsp3) is 0.300. The predicted molar refractivity (Wildman–Crippen MR) is 166 cm³/mol. The Hall–Kier alpha value is -3.27. The van der Waals surface area contributed by atoms with Crippen LogP contribution in [0.2, 0.25) is 0 Å². The number of rotatable bonds is 11. The lowest BCUT2D eigenvalue weighted by Gasteiger charge is -2.18. The smallest absolute Gasteiger partial charge is 0.253 e. The lowest BCUT2D eigenvalue weighted by molar-refractivity contribution is -0.386. The van der Waals surface area contributed by atoms with Crippen LogP contribution in [0.15, 0.2) is 71.9 Å². The van der Waals surface area contributed by atoms with Crippen LogP contribution in [0.3, 0.4) is 0 Å². The first-order chi connectivity index (χ1) is 18.8. The number of aliphatic imine (C=N–C) groups is 1. The number of nitrogens with zero attached hydrogens (tertiary/aromatic N) is 2. The van der Waals surface area contributed by atoms with Crippen molar-refractivity contribution in [2.75, 3.05) is 18.3 Å². The lowest BCUT2D eigenvalue weighted by atomic mass is 10.00. The van der Waals surface area contributed by atoms with Gasteiger partial charge in [-0.25, -0.2) is 4.99 Å². The number of quaternary nitrogens is 1. The number of hydrogen-bond acceptors (Lipinski definition) is 5. The molecule has 206 valence electrons. The van der Waals surface area contributed by atoms with Crippen LogP contribution in [0.1, 0.15) is 47.4 Å². The molecule has 0 unspecified atom stereocenters. The number of carbonyl (C=O) groups is 2. The molecular weight excluding hydrogens is 526 g/mol. The first kappa shape index (κ1) is 30.3. The zero-order chi connectivity index (χ0) is 28.4. The van der Waals surface area contributed by atoms with Gasteiger partial charge in [-0.1, -0.05) is 42.5 Å². The van der Waals surface area contributed by atoms with E-state index in [4.69, 9.17) is 4.99 Å². The van der Waals surface area contributed by atoms with Crippen LogP contribution in [0, 0.1) is 6.92 Å². The van der Waals surface area contributed by atoms with E-state index in [9.17, 15) is 9.59 Å². The van der Waals surface area contributed by atoms with E-state index in [1.165, 1.54) is 17.5 Å². The molecule has 39 heavy (non-hydrogen) atoms. The van der Waals surface area contributed by atoms with Gasteiger partial charge in [-0.3, -0.25) is 13.6 Å². The number of benzene rings is 2. The Morgan fingerprint density at radius 1 is 1.08 bits per heavy atom. The Balaban J connectivity index is 1.75. The fourth-order valence-corrected chi connectivity index (χ4v) is 5.19. The highest BCUT2D eigenvalue weighted by atomic mass is 32.2. The predicted octanol–water partition coefficient (Wildman–Crippen LogP) is 4.78. The molecule has 0 saturated carbocycles. The topological polar surface area (TPSA) is 103 Å². The normalized spacial score (nSPS) is 12.8. The van der Waals surface area contributed by atoms with Gasteiger partial charge in [-0.05, 0) is 80.5 Å². The van der Waals surface area contributed by atoms with E-state index in [1.807, 2.05) is 60.7 Å². The molecule has 0 saturated heterocycles. The molecule has 0 radical (unpaired) electrons. The number of thioether (sulfide) groups is 1. The second kappa shape index (κ2) is 14.8. The summed E-state index contributed by atoms with van der Waals surface area (Å²) in [6.07, 6.45) is 8.15. The number of aromatic nitrogens is 1. The van der Waals surface area contributed by atoms with E-state index in [2.05, 4.69) is 46.7 Å². The van der Waals surface area contributed by atoms with Crippen molar-refractivity contribution in [2.24, 2.45) is 4.99 Å². The van der Waals surface area contributed by atoms with Crippen LogP contribution < -0.4 is 16.4 Å². The summed E-state index contributed by atoms with van der Waals surface area (Å²) < 4.78 is 1.92. The Bertz CT molecular complexity index is 1360. The number of amidine groups is 1. The van der Waals surface area contributed by atoms with Crippen LogP contribution in [-0.2, 0) is 11.3 Å². The number of carbonyl (C=O) groups excluding carboxylic acids is 2. The van der Waals surface area contributed by atoms with Crippen molar-refractivity contribution in [3.63, 3.8) is 0 Å². The highest BCUT2D eigenvalue weighted by molar-refractivity contribution is 7.98. The first-order valence-electron chi connectivity index (χ1n) is 12.8. The molecule has 1 aromatic heterocycles. The molecule has 0 aliphatic rings. The van der Waals surface area contributed by atoms with Gasteiger partial charge in [0.2, 0.25) is 5.91 Å². The first-order valence-corrected chi connectivity index (χ1v) is 15.4. The second-order valence-electron chi connectivity index (χ2n) is 9.08. The summed E-state index contributed by atoms with van der Waals surface area (Å²) in [7, 11) is 0. The monoisotopic (exact) mass is 564 g/mol. The average Bonchev–Trinajstić information content (AvgIpc) is 3.34. The van der Waals surface area contributed by atoms with E-state index >= 15 is 0 Å². The minimum Gasteiger partial charge on any atom is -0.354 e. The third-order valence-corrected chi connectivity index (χ3v) is 7.66. The summed E-state index contributed by atoms with van der Waals surface area (Å²) in [5.41, 5.74) is 10.6. The second-order valence-corrected chi connectivity index (χ2v) is 10.8. The van der Waals surface area contributed by atoms with Crippen molar-refractivity contribution in [1.82, 2.24) is 14.6 Å². The van der Waals surface area contributed by atoms with E-state index in [-0.39, 0.29) is 11.8 Å². The van der Waals surface area contributed by atoms with Crippen LogP contribution in [-0.4, -0.2) is 45.9 Å². The van der Waals surface area contributed by atoms with E-state index in [0.717, 1.165) is 40.4 Å². The van der Waals surface area contributed by atoms with Gasteiger partial charge >= 0.3 is 0 Å². The zero-order valence-corrected chi connectivity index (χ0v) is 24.9. The zero-order valence-electron chi connectivity index (χ0n) is 23.3. The third kappa shape index (κ3) is 8.36. The van der Waals surface area contributed by atoms with Crippen molar-refractivity contribution >= 4 is 47.1 Å². The van der Waals surface area contributed by atoms with Gasteiger partial charge in [-0.15, -0.1) is 0 Å². The molecule has 0 aliphatic heterocycles. The molecular formula is C30H38N5O2S2+. The number of aryl methyl sites for hydroxylation is 1. The molecule has 5 N–H and O–H groups in total. The van der Waals surface area contributed by atoms with Crippen LogP contribution in [0.25, 0.3) is 16.8 Å². The van der Waals surface area contributed by atoms with Gasteiger partial charge < -0.3 is 16.4 Å². The standard InChI is InChI=1S/C30H37N5O2S2/c1-6-27(25-12-8-11-24(17-25)23-10-7-9-22(16-23)18-31)32-21(3)33-30(37)28(13-14-38-4)34-29(36)26-15-20(2)35(19-26)39-5/h6-12,15-17,19,28H,13-14,18,31H2,1-5H3,(H,34,36)(H,32,33,37)/p+1/b27-6-/t28-/m0/s1. The molecule has 2 aromatic carbocycles. The maximum absolute atomic E-state index is 13.2. The molecule has 3 rings (SSSR count). The average molecular weight is 565 g/mol. The number of nitrogens with one attached hydrogen (secondary N) is 2. The lowest BCUT2D eigenvalue weighted by Crippen LogP contribution is -2.48. The van der Waals surface area contributed by atoms with Crippen molar-refractivity contribution in [3.05, 3.63) is 89.3 Å². The third-order valence-electron chi connectivity index (χ3n) is 6.23. The molecule has 0 fully saturated rings. The summed E-state index contributed by atoms with van der Waals surface area (Å²) >= 11 is 3.15. The van der Waals surface area contributed by atoms with E-state index in [1.54, 1.807) is 24.9 Å².